The highest BCUT2D eigenvalue weighted by Gasteiger charge is 2.33. The maximum Gasteiger partial charge on any atom is 0.219 e. The molecule has 1 N–H and O–H groups in total. The van der Waals surface area contributed by atoms with E-state index in [1.54, 1.807) is 6.20 Å². The molecule has 1 aromatic heterocycles. The number of hydrogen-bond donors (Lipinski definition) is 1. The van der Waals surface area contributed by atoms with Crippen LogP contribution in [-0.4, -0.2) is 17.1 Å². The van der Waals surface area contributed by atoms with Crippen LogP contribution < -0.4 is 10.1 Å². The molecule has 2 aromatic rings. The summed E-state index contributed by atoms with van der Waals surface area (Å²) in [6, 6.07) is 15.7. The molecule has 2 aliphatic heterocycles. The molecule has 3 nitrogen and oxygen atoms in total. The topological polar surface area (TPSA) is 34.1 Å². The molecule has 0 saturated carbocycles. The molecule has 2 atom stereocenters. The van der Waals surface area contributed by atoms with Crippen molar-refractivity contribution in [3.8, 4) is 11.6 Å². The van der Waals surface area contributed by atoms with Crippen molar-refractivity contribution in [1.82, 2.24) is 10.3 Å². The number of hydrogen-bond acceptors (Lipinski definition) is 3. The highest BCUT2D eigenvalue weighted by molar-refractivity contribution is 5.32. The van der Waals surface area contributed by atoms with Gasteiger partial charge in [0, 0.05) is 24.3 Å². The van der Waals surface area contributed by atoms with Crippen LogP contribution in [0.2, 0.25) is 0 Å². The summed E-state index contributed by atoms with van der Waals surface area (Å²) >= 11 is 0. The fraction of sp³-hybridized carbons (Fsp3) is 0.389. The maximum atomic E-state index is 5.75. The van der Waals surface area contributed by atoms with Crippen molar-refractivity contribution in [2.75, 3.05) is 0 Å². The van der Waals surface area contributed by atoms with E-state index in [9.17, 15) is 0 Å². The van der Waals surface area contributed by atoms with Gasteiger partial charge in [-0.2, -0.15) is 0 Å². The number of ether oxygens (including phenoxy) is 1. The fourth-order valence-corrected chi connectivity index (χ4v) is 3.67. The van der Waals surface area contributed by atoms with E-state index in [1.807, 2.05) is 18.2 Å². The smallest absolute Gasteiger partial charge is 0.219 e. The summed E-state index contributed by atoms with van der Waals surface area (Å²) in [5.41, 5.74) is 1.45. The lowest BCUT2D eigenvalue weighted by Crippen LogP contribution is -2.37. The number of aromatic nitrogens is 1. The zero-order chi connectivity index (χ0) is 14.1. The minimum absolute atomic E-state index is 0.644. The van der Waals surface area contributed by atoms with E-state index in [4.69, 9.17) is 4.74 Å². The Balaban J connectivity index is 1.46. The summed E-state index contributed by atoms with van der Waals surface area (Å²) in [6.45, 7) is 0. The molecule has 4 rings (SSSR count). The van der Waals surface area contributed by atoms with Gasteiger partial charge in [0.1, 0.15) is 5.75 Å². The summed E-state index contributed by atoms with van der Waals surface area (Å²) in [5, 5.41) is 3.70. The van der Waals surface area contributed by atoms with Crippen molar-refractivity contribution in [2.45, 2.75) is 43.7 Å². The van der Waals surface area contributed by atoms with Gasteiger partial charge < -0.3 is 10.1 Å². The number of piperidine rings is 1. The van der Waals surface area contributed by atoms with Gasteiger partial charge >= 0.3 is 0 Å². The molecule has 2 unspecified atom stereocenters. The van der Waals surface area contributed by atoms with Crippen molar-refractivity contribution < 1.29 is 4.74 Å². The minimum Gasteiger partial charge on any atom is -0.439 e. The number of nitrogens with zero attached hydrogens (tertiary/aromatic N) is 1. The molecular formula is C18H20N2O. The summed E-state index contributed by atoms with van der Waals surface area (Å²) < 4.78 is 5.75. The van der Waals surface area contributed by atoms with Gasteiger partial charge in [0.05, 0.1) is 0 Å². The van der Waals surface area contributed by atoms with Crippen LogP contribution in [0.4, 0.5) is 0 Å². The number of pyridine rings is 1. The highest BCUT2D eigenvalue weighted by Crippen LogP contribution is 2.37. The molecule has 0 radical (unpaired) electrons. The number of nitrogens with one attached hydrogen (secondary N) is 1. The van der Waals surface area contributed by atoms with Gasteiger partial charge in [0.2, 0.25) is 5.88 Å². The second-order valence-corrected chi connectivity index (χ2v) is 6.15. The van der Waals surface area contributed by atoms with E-state index < -0.39 is 0 Å². The zero-order valence-corrected chi connectivity index (χ0v) is 12.0. The Kier molecular flexibility index (Phi) is 3.36. The van der Waals surface area contributed by atoms with E-state index in [0.717, 1.165) is 17.8 Å². The summed E-state index contributed by atoms with van der Waals surface area (Å²) in [4.78, 5) is 4.18. The summed E-state index contributed by atoms with van der Waals surface area (Å²) in [5.74, 6) is 2.20. The number of fused-ring (bicyclic) bond motifs is 2. The van der Waals surface area contributed by atoms with Gasteiger partial charge in [0.25, 0.3) is 0 Å². The van der Waals surface area contributed by atoms with Crippen LogP contribution in [0.15, 0.2) is 48.7 Å². The van der Waals surface area contributed by atoms with E-state index in [-0.39, 0.29) is 0 Å². The lowest BCUT2D eigenvalue weighted by molar-refractivity contribution is 0.363. The largest absolute Gasteiger partial charge is 0.439 e. The Morgan fingerprint density at radius 2 is 1.71 bits per heavy atom. The second kappa shape index (κ2) is 5.49. The average Bonchev–Trinajstić information content (AvgIpc) is 2.87. The Hall–Kier alpha value is -1.87. The first-order valence-electron chi connectivity index (χ1n) is 7.82. The first-order valence-corrected chi connectivity index (χ1v) is 7.82. The van der Waals surface area contributed by atoms with Gasteiger partial charge in [-0.3, -0.25) is 0 Å². The third-order valence-electron chi connectivity index (χ3n) is 4.68. The molecule has 2 bridgehead atoms. The Morgan fingerprint density at radius 3 is 2.38 bits per heavy atom. The summed E-state index contributed by atoms with van der Waals surface area (Å²) in [7, 11) is 0. The summed E-state index contributed by atoms with van der Waals surface area (Å²) in [6.07, 6.45) is 6.99. The molecule has 0 spiro atoms. The van der Waals surface area contributed by atoms with Crippen molar-refractivity contribution >= 4 is 0 Å². The Bertz CT molecular complexity index is 584. The molecule has 2 aliphatic rings. The minimum atomic E-state index is 0.644. The number of benzene rings is 1. The molecule has 3 heterocycles. The molecule has 2 saturated heterocycles. The zero-order valence-electron chi connectivity index (χ0n) is 12.0. The second-order valence-electron chi connectivity index (χ2n) is 6.15. The average molecular weight is 280 g/mol. The van der Waals surface area contributed by atoms with Crippen LogP contribution >= 0.6 is 0 Å². The van der Waals surface area contributed by atoms with Crippen LogP contribution in [0, 0.1) is 0 Å². The van der Waals surface area contributed by atoms with Gasteiger partial charge in [-0.1, -0.05) is 18.2 Å². The van der Waals surface area contributed by atoms with Crippen molar-refractivity contribution in [1.29, 1.82) is 0 Å². The molecule has 21 heavy (non-hydrogen) atoms. The molecule has 0 aliphatic carbocycles. The van der Waals surface area contributed by atoms with Crippen molar-refractivity contribution in [3.63, 3.8) is 0 Å². The number of rotatable bonds is 3. The monoisotopic (exact) mass is 280 g/mol. The van der Waals surface area contributed by atoms with Crippen LogP contribution in [0.25, 0.3) is 0 Å². The van der Waals surface area contributed by atoms with E-state index >= 15 is 0 Å². The van der Waals surface area contributed by atoms with Crippen LogP contribution in [-0.2, 0) is 0 Å². The van der Waals surface area contributed by atoms with Crippen molar-refractivity contribution in [2.24, 2.45) is 0 Å². The lowest BCUT2D eigenvalue weighted by atomic mass is 9.86. The highest BCUT2D eigenvalue weighted by atomic mass is 16.5. The molecule has 1 aromatic carbocycles. The molecular weight excluding hydrogens is 260 g/mol. The first-order chi connectivity index (χ1) is 10.4. The molecule has 2 fully saturated rings. The third-order valence-corrected chi connectivity index (χ3v) is 4.68. The predicted octanol–water partition coefficient (Wildman–Crippen LogP) is 3.87. The van der Waals surface area contributed by atoms with Gasteiger partial charge in [0.15, 0.2) is 0 Å². The van der Waals surface area contributed by atoms with Crippen LogP contribution in [0.5, 0.6) is 11.6 Å². The predicted molar refractivity (Wildman–Crippen MR) is 82.7 cm³/mol. The fourth-order valence-electron chi connectivity index (χ4n) is 3.67. The van der Waals surface area contributed by atoms with Crippen LogP contribution in [0.1, 0.15) is 37.2 Å². The Labute approximate surface area is 125 Å². The Morgan fingerprint density at radius 1 is 0.952 bits per heavy atom. The quantitative estimate of drug-likeness (QED) is 0.926. The van der Waals surface area contributed by atoms with Gasteiger partial charge in [-0.05, 0) is 55.4 Å². The lowest BCUT2D eigenvalue weighted by Gasteiger charge is -2.29. The SMILES string of the molecule is c1ccc(Oc2ccc(C3CC4CCC(C3)N4)cc2)nc1. The van der Waals surface area contributed by atoms with E-state index in [0.29, 0.717) is 11.8 Å². The normalized spacial score (nSPS) is 27.5. The third kappa shape index (κ3) is 2.79. The standard InChI is InChI=1S/C18H20N2O/c1-2-10-19-18(3-1)21-17-8-4-13(5-9-17)14-11-15-6-7-16(12-14)20-15/h1-5,8-10,14-16,20H,6-7,11-12H2. The molecule has 108 valence electrons. The van der Waals surface area contributed by atoms with Crippen molar-refractivity contribution in [3.05, 3.63) is 54.2 Å². The van der Waals surface area contributed by atoms with Crippen LogP contribution in [0.3, 0.4) is 0 Å². The van der Waals surface area contributed by atoms with E-state index in [1.165, 1.54) is 31.2 Å². The maximum absolute atomic E-state index is 5.75. The van der Waals surface area contributed by atoms with Gasteiger partial charge in [-0.15, -0.1) is 0 Å². The molecule has 0 amide bonds. The molecule has 3 heteroatoms. The first kappa shape index (κ1) is 12.8. The van der Waals surface area contributed by atoms with Gasteiger partial charge in [-0.25, -0.2) is 4.98 Å². The van der Waals surface area contributed by atoms with E-state index in [2.05, 4.69) is 34.6 Å².